The number of methoxy groups -OCH3 is 1. The van der Waals surface area contributed by atoms with Crippen LogP contribution < -0.4 is 0 Å². The number of nitrogens with zero attached hydrogens (tertiary/aromatic N) is 2. The molecule has 0 aromatic carbocycles. The van der Waals surface area contributed by atoms with Crippen molar-refractivity contribution in [3.8, 4) is 0 Å². The van der Waals surface area contributed by atoms with Gasteiger partial charge < -0.3 is 9.84 Å². The van der Waals surface area contributed by atoms with Crippen LogP contribution in [0.2, 0.25) is 0 Å². The van der Waals surface area contributed by atoms with Crippen molar-refractivity contribution < 1.29 is 19.4 Å². The molecule has 0 saturated heterocycles. The summed E-state index contributed by atoms with van der Waals surface area (Å²) >= 11 is 0. The Morgan fingerprint density at radius 1 is 1.42 bits per heavy atom. The molecule has 1 rings (SSSR count). The van der Waals surface area contributed by atoms with Crippen molar-refractivity contribution in [1.82, 2.24) is 9.78 Å². The number of carboxylic acid groups (broad SMARTS) is 1. The average Bonchev–Trinajstić information content (AvgIpc) is 2.85. The van der Waals surface area contributed by atoms with Crippen molar-refractivity contribution in [2.24, 2.45) is 5.92 Å². The van der Waals surface area contributed by atoms with Crippen LogP contribution in [0, 0.1) is 5.92 Å². The van der Waals surface area contributed by atoms with E-state index in [1.807, 2.05) is 10.9 Å². The number of aromatic nitrogens is 2. The smallest absolute Gasteiger partial charge is 0.320 e. The highest BCUT2D eigenvalue weighted by Gasteiger charge is 2.28. The quantitative estimate of drug-likeness (QED) is 0.600. The molecule has 0 aliphatic carbocycles. The molecule has 1 unspecified atom stereocenters. The molecular weight excluding hydrogens is 248 g/mol. The highest BCUT2D eigenvalue weighted by molar-refractivity contribution is 5.94. The summed E-state index contributed by atoms with van der Waals surface area (Å²) in [5, 5.41) is 13.3. The van der Waals surface area contributed by atoms with Gasteiger partial charge in [-0.1, -0.05) is 13.8 Å². The zero-order chi connectivity index (χ0) is 14.4. The van der Waals surface area contributed by atoms with Crippen LogP contribution in [-0.4, -0.2) is 33.9 Å². The van der Waals surface area contributed by atoms with E-state index in [-0.39, 0.29) is 6.42 Å². The predicted molar refractivity (Wildman–Crippen MR) is 68.7 cm³/mol. The number of esters is 1. The van der Waals surface area contributed by atoms with E-state index >= 15 is 0 Å². The minimum atomic E-state index is -1.20. The fraction of sp³-hybridized carbons (Fsp3) is 0.615. The highest BCUT2D eigenvalue weighted by Crippen LogP contribution is 2.16. The molecule has 0 spiro atoms. The van der Waals surface area contributed by atoms with E-state index in [0.717, 1.165) is 12.8 Å². The molecule has 6 nitrogen and oxygen atoms in total. The Morgan fingerprint density at radius 3 is 2.53 bits per heavy atom. The normalized spacial score (nSPS) is 12.4. The standard InChI is InChI=1S/C13H20N2O4/c1-4-10(5-2)15-7-6-9(14-15)8-11(12(16)17)13(18)19-3/h6-7,10-11H,4-5,8H2,1-3H3,(H,16,17). The fourth-order valence-corrected chi connectivity index (χ4v) is 1.98. The lowest BCUT2D eigenvalue weighted by atomic mass is 10.0. The van der Waals surface area contributed by atoms with Crippen LogP contribution in [0.4, 0.5) is 0 Å². The largest absolute Gasteiger partial charge is 0.481 e. The van der Waals surface area contributed by atoms with Crippen molar-refractivity contribution in [2.75, 3.05) is 7.11 Å². The van der Waals surface area contributed by atoms with Crippen LogP contribution in [-0.2, 0) is 20.7 Å². The maximum absolute atomic E-state index is 11.4. The molecule has 1 aromatic rings. The van der Waals surface area contributed by atoms with Gasteiger partial charge in [-0.2, -0.15) is 5.10 Å². The maximum Gasteiger partial charge on any atom is 0.320 e. The summed E-state index contributed by atoms with van der Waals surface area (Å²) in [6.45, 7) is 4.15. The molecule has 0 aliphatic rings. The molecule has 0 saturated carbocycles. The summed E-state index contributed by atoms with van der Waals surface area (Å²) < 4.78 is 6.31. The van der Waals surface area contributed by atoms with Crippen molar-refractivity contribution in [3.05, 3.63) is 18.0 Å². The van der Waals surface area contributed by atoms with Gasteiger partial charge in [0, 0.05) is 12.6 Å². The first kappa shape index (κ1) is 15.2. The number of hydrogen-bond donors (Lipinski definition) is 1. The Bertz CT molecular complexity index is 438. The van der Waals surface area contributed by atoms with Gasteiger partial charge in [-0.05, 0) is 18.9 Å². The van der Waals surface area contributed by atoms with E-state index in [1.54, 1.807) is 6.07 Å². The zero-order valence-corrected chi connectivity index (χ0v) is 11.5. The van der Waals surface area contributed by atoms with E-state index in [4.69, 9.17) is 5.11 Å². The van der Waals surface area contributed by atoms with E-state index in [0.29, 0.717) is 11.7 Å². The topological polar surface area (TPSA) is 81.4 Å². The highest BCUT2D eigenvalue weighted by atomic mass is 16.5. The molecule has 19 heavy (non-hydrogen) atoms. The number of aliphatic carboxylic acids is 1. The molecule has 1 aromatic heterocycles. The van der Waals surface area contributed by atoms with Crippen LogP contribution in [0.1, 0.15) is 38.4 Å². The summed E-state index contributed by atoms with van der Waals surface area (Å²) in [6, 6.07) is 2.05. The third-order valence-electron chi connectivity index (χ3n) is 3.18. The average molecular weight is 268 g/mol. The second kappa shape index (κ2) is 6.92. The van der Waals surface area contributed by atoms with Gasteiger partial charge in [-0.3, -0.25) is 14.3 Å². The molecule has 106 valence electrons. The lowest BCUT2D eigenvalue weighted by Gasteiger charge is -2.12. The summed E-state index contributed by atoms with van der Waals surface area (Å²) in [4.78, 5) is 22.4. The van der Waals surface area contributed by atoms with E-state index in [2.05, 4.69) is 23.7 Å². The minimum absolute atomic E-state index is 0.0507. The SMILES string of the molecule is CCC(CC)n1ccc(CC(C(=O)O)C(=O)OC)n1. The van der Waals surface area contributed by atoms with Gasteiger partial charge in [0.25, 0.3) is 0 Å². The Balaban J connectivity index is 2.81. The van der Waals surface area contributed by atoms with Crippen LogP contribution in [0.3, 0.4) is 0 Å². The molecule has 0 bridgehead atoms. The minimum Gasteiger partial charge on any atom is -0.481 e. The molecule has 1 N–H and O–H groups in total. The first-order valence-corrected chi connectivity index (χ1v) is 6.38. The van der Waals surface area contributed by atoms with Gasteiger partial charge in [0.15, 0.2) is 5.92 Å². The summed E-state index contributed by atoms with van der Waals surface area (Å²) in [5.41, 5.74) is 0.588. The molecule has 0 aliphatic heterocycles. The first-order chi connectivity index (χ1) is 9.03. The molecule has 0 amide bonds. The van der Waals surface area contributed by atoms with E-state index < -0.39 is 17.9 Å². The lowest BCUT2D eigenvalue weighted by molar-refractivity contribution is -0.156. The Morgan fingerprint density at radius 2 is 2.05 bits per heavy atom. The zero-order valence-electron chi connectivity index (χ0n) is 11.5. The third kappa shape index (κ3) is 3.81. The summed E-state index contributed by atoms with van der Waals surface area (Å²) in [6.07, 6.45) is 3.78. The Kier molecular flexibility index (Phi) is 5.54. The van der Waals surface area contributed by atoms with Gasteiger partial charge in [0.05, 0.1) is 18.8 Å². The number of carboxylic acids is 1. The number of carbonyl (C=O) groups excluding carboxylic acids is 1. The van der Waals surface area contributed by atoms with Gasteiger partial charge in [0.1, 0.15) is 0 Å². The fourth-order valence-electron chi connectivity index (χ4n) is 1.98. The van der Waals surface area contributed by atoms with Crippen molar-refractivity contribution in [3.63, 3.8) is 0 Å². The van der Waals surface area contributed by atoms with Crippen LogP contribution in [0.25, 0.3) is 0 Å². The Labute approximate surface area is 112 Å². The van der Waals surface area contributed by atoms with E-state index in [9.17, 15) is 9.59 Å². The molecule has 1 atom stereocenters. The van der Waals surface area contributed by atoms with Gasteiger partial charge in [0.2, 0.25) is 0 Å². The monoisotopic (exact) mass is 268 g/mol. The van der Waals surface area contributed by atoms with Crippen molar-refractivity contribution >= 4 is 11.9 Å². The number of carbonyl (C=O) groups is 2. The van der Waals surface area contributed by atoms with Gasteiger partial charge in [-0.25, -0.2) is 0 Å². The number of hydrogen-bond acceptors (Lipinski definition) is 4. The molecule has 6 heteroatoms. The second-order valence-electron chi connectivity index (χ2n) is 4.38. The number of rotatable bonds is 7. The second-order valence-corrected chi connectivity index (χ2v) is 4.38. The van der Waals surface area contributed by atoms with Gasteiger partial charge in [-0.15, -0.1) is 0 Å². The summed E-state index contributed by atoms with van der Waals surface area (Å²) in [7, 11) is 1.18. The molecule has 0 radical (unpaired) electrons. The molecular formula is C13H20N2O4. The van der Waals surface area contributed by atoms with Gasteiger partial charge >= 0.3 is 11.9 Å². The Hall–Kier alpha value is -1.85. The van der Waals surface area contributed by atoms with Crippen molar-refractivity contribution in [2.45, 2.75) is 39.2 Å². The van der Waals surface area contributed by atoms with Crippen LogP contribution in [0.5, 0.6) is 0 Å². The van der Waals surface area contributed by atoms with Crippen LogP contribution >= 0.6 is 0 Å². The van der Waals surface area contributed by atoms with Crippen LogP contribution in [0.15, 0.2) is 12.3 Å². The lowest BCUT2D eigenvalue weighted by Crippen LogP contribution is -2.27. The summed E-state index contributed by atoms with van der Waals surface area (Å²) in [5.74, 6) is -3.14. The molecule has 0 fully saturated rings. The predicted octanol–water partition coefficient (Wildman–Crippen LogP) is 1.66. The number of ether oxygens (including phenoxy) is 1. The molecule has 1 heterocycles. The van der Waals surface area contributed by atoms with Crippen molar-refractivity contribution in [1.29, 1.82) is 0 Å². The van der Waals surface area contributed by atoms with E-state index in [1.165, 1.54) is 7.11 Å². The first-order valence-electron chi connectivity index (χ1n) is 6.38. The maximum atomic E-state index is 11.4. The third-order valence-corrected chi connectivity index (χ3v) is 3.18.